The molecular formula is C21H35N3O3. The molecule has 1 unspecified atom stereocenters. The Morgan fingerprint density at radius 1 is 1.30 bits per heavy atom. The summed E-state index contributed by atoms with van der Waals surface area (Å²) in [6.45, 7) is 9.68. The van der Waals surface area contributed by atoms with Crippen LogP contribution < -0.4 is 15.4 Å². The highest BCUT2D eigenvalue weighted by molar-refractivity contribution is 5.79. The molecule has 6 nitrogen and oxygen atoms in total. The number of aliphatic hydroxyl groups is 1. The third kappa shape index (κ3) is 8.63. The Hall–Kier alpha value is -1.79. The number of hydrogen-bond acceptors (Lipinski definition) is 4. The van der Waals surface area contributed by atoms with Crippen LogP contribution >= 0.6 is 0 Å². The number of ether oxygens (including phenoxy) is 2. The molecule has 3 N–H and O–H groups in total. The van der Waals surface area contributed by atoms with Gasteiger partial charge in [-0.2, -0.15) is 0 Å². The number of nitrogens with zero attached hydrogens (tertiary/aromatic N) is 1. The van der Waals surface area contributed by atoms with Crippen LogP contribution in [0.4, 0.5) is 0 Å². The van der Waals surface area contributed by atoms with Gasteiger partial charge in [-0.05, 0) is 50.7 Å². The average Bonchev–Trinajstić information content (AvgIpc) is 3.47. The second-order valence-electron chi connectivity index (χ2n) is 7.17. The predicted octanol–water partition coefficient (Wildman–Crippen LogP) is 2.63. The minimum atomic E-state index is -0.546. The molecule has 0 amide bonds. The van der Waals surface area contributed by atoms with E-state index in [1.54, 1.807) is 0 Å². The first-order chi connectivity index (χ1) is 13.1. The normalized spacial score (nSPS) is 15.5. The van der Waals surface area contributed by atoms with Gasteiger partial charge in [-0.15, -0.1) is 0 Å². The average molecular weight is 378 g/mol. The zero-order valence-corrected chi connectivity index (χ0v) is 17.0. The molecule has 0 aromatic heterocycles. The molecule has 0 aliphatic heterocycles. The molecule has 1 atom stereocenters. The van der Waals surface area contributed by atoms with Crippen molar-refractivity contribution in [3.05, 3.63) is 29.3 Å². The van der Waals surface area contributed by atoms with Gasteiger partial charge in [0.15, 0.2) is 5.96 Å². The van der Waals surface area contributed by atoms with Crippen molar-refractivity contribution in [2.75, 3.05) is 32.9 Å². The van der Waals surface area contributed by atoms with E-state index < -0.39 is 6.10 Å². The fraction of sp³-hybridized carbons (Fsp3) is 0.667. The summed E-state index contributed by atoms with van der Waals surface area (Å²) < 4.78 is 11.4. The number of rotatable bonds is 12. The van der Waals surface area contributed by atoms with Gasteiger partial charge in [-0.1, -0.05) is 19.1 Å². The van der Waals surface area contributed by atoms with Crippen LogP contribution in [-0.2, 0) is 11.3 Å². The SMILES string of the molecule is CCCOc1cc(C)ccc1CN=C(NCC)NCC(O)COCC1CC1. The summed E-state index contributed by atoms with van der Waals surface area (Å²) >= 11 is 0. The molecule has 152 valence electrons. The molecule has 1 aliphatic carbocycles. The van der Waals surface area contributed by atoms with E-state index in [0.29, 0.717) is 38.2 Å². The Morgan fingerprint density at radius 2 is 2.11 bits per heavy atom. The van der Waals surface area contributed by atoms with E-state index in [1.807, 2.05) is 6.92 Å². The number of aliphatic hydroxyl groups excluding tert-OH is 1. The number of guanidine groups is 1. The monoisotopic (exact) mass is 377 g/mol. The number of nitrogens with one attached hydrogen (secondary N) is 2. The van der Waals surface area contributed by atoms with Crippen molar-refractivity contribution in [3.63, 3.8) is 0 Å². The Kier molecular flexibility index (Phi) is 9.42. The van der Waals surface area contributed by atoms with Crippen LogP contribution in [-0.4, -0.2) is 50.1 Å². The van der Waals surface area contributed by atoms with E-state index in [9.17, 15) is 5.11 Å². The molecule has 1 aromatic rings. The smallest absolute Gasteiger partial charge is 0.191 e. The standard InChI is InChI=1S/C21H35N3O3/c1-4-10-27-20-11-16(3)6-9-18(20)12-23-21(22-5-2)24-13-19(25)15-26-14-17-7-8-17/h6,9,11,17,19,25H,4-5,7-8,10,12-15H2,1-3H3,(H2,22,23,24). The number of aryl methyl sites for hydroxylation is 1. The highest BCUT2D eigenvalue weighted by atomic mass is 16.5. The van der Waals surface area contributed by atoms with Crippen LogP contribution in [0.15, 0.2) is 23.2 Å². The second kappa shape index (κ2) is 11.8. The van der Waals surface area contributed by atoms with Crippen molar-refractivity contribution < 1.29 is 14.6 Å². The molecule has 2 rings (SSSR count). The Bertz CT molecular complexity index is 588. The summed E-state index contributed by atoms with van der Waals surface area (Å²) in [5.41, 5.74) is 2.23. The van der Waals surface area contributed by atoms with Gasteiger partial charge in [-0.3, -0.25) is 0 Å². The highest BCUT2D eigenvalue weighted by Gasteiger charge is 2.21. The van der Waals surface area contributed by atoms with Gasteiger partial charge in [0.1, 0.15) is 5.75 Å². The summed E-state index contributed by atoms with van der Waals surface area (Å²) in [7, 11) is 0. The molecule has 27 heavy (non-hydrogen) atoms. The molecule has 0 saturated heterocycles. The molecule has 0 spiro atoms. The summed E-state index contributed by atoms with van der Waals surface area (Å²) in [5.74, 6) is 2.29. The zero-order chi connectivity index (χ0) is 19.5. The van der Waals surface area contributed by atoms with Crippen LogP contribution in [0.25, 0.3) is 0 Å². The van der Waals surface area contributed by atoms with E-state index in [2.05, 4.69) is 47.7 Å². The van der Waals surface area contributed by atoms with Gasteiger partial charge in [-0.25, -0.2) is 4.99 Å². The van der Waals surface area contributed by atoms with Crippen molar-refractivity contribution >= 4 is 5.96 Å². The third-order valence-electron chi connectivity index (χ3n) is 4.30. The first kappa shape index (κ1) is 21.5. The van der Waals surface area contributed by atoms with Crippen molar-refractivity contribution in [1.82, 2.24) is 10.6 Å². The van der Waals surface area contributed by atoms with E-state index in [1.165, 1.54) is 18.4 Å². The summed E-state index contributed by atoms with van der Waals surface area (Å²) in [4.78, 5) is 4.64. The zero-order valence-electron chi connectivity index (χ0n) is 17.0. The van der Waals surface area contributed by atoms with Crippen LogP contribution in [0.2, 0.25) is 0 Å². The minimum absolute atomic E-state index is 0.357. The number of benzene rings is 1. The maximum Gasteiger partial charge on any atom is 0.191 e. The van der Waals surface area contributed by atoms with E-state index in [-0.39, 0.29) is 0 Å². The van der Waals surface area contributed by atoms with Gasteiger partial charge in [0.25, 0.3) is 0 Å². The van der Waals surface area contributed by atoms with E-state index >= 15 is 0 Å². The second-order valence-corrected chi connectivity index (χ2v) is 7.17. The molecule has 1 saturated carbocycles. The van der Waals surface area contributed by atoms with E-state index in [4.69, 9.17) is 9.47 Å². The van der Waals surface area contributed by atoms with Crippen LogP contribution in [0.1, 0.15) is 44.2 Å². The summed E-state index contributed by atoms with van der Waals surface area (Å²) in [5, 5.41) is 16.5. The van der Waals surface area contributed by atoms with Gasteiger partial charge in [0.2, 0.25) is 0 Å². The Balaban J connectivity index is 1.86. The molecule has 6 heteroatoms. The lowest BCUT2D eigenvalue weighted by Gasteiger charge is -2.16. The fourth-order valence-corrected chi connectivity index (χ4v) is 2.57. The molecular weight excluding hydrogens is 342 g/mol. The molecule has 1 aliphatic rings. The lowest BCUT2D eigenvalue weighted by atomic mass is 10.1. The Morgan fingerprint density at radius 3 is 2.81 bits per heavy atom. The van der Waals surface area contributed by atoms with Gasteiger partial charge < -0.3 is 25.2 Å². The number of aliphatic imine (C=N–C) groups is 1. The molecule has 0 heterocycles. The number of hydrogen-bond donors (Lipinski definition) is 3. The van der Waals surface area contributed by atoms with Crippen LogP contribution in [0, 0.1) is 12.8 Å². The molecule has 0 radical (unpaired) electrons. The van der Waals surface area contributed by atoms with Gasteiger partial charge in [0, 0.05) is 25.3 Å². The predicted molar refractivity (Wildman–Crippen MR) is 109 cm³/mol. The highest BCUT2D eigenvalue weighted by Crippen LogP contribution is 2.28. The summed E-state index contributed by atoms with van der Waals surface area (Å²) in [6, 6.07) is 6.20. The molecule has 0 bridgehead atoms. The lowest BCUT2D eigenvalue weighted by Crippen LogP contribution is -2.42. The van der Waals surface area contributed by atoms with E-state index in [0.717, 1.165) is 30.9 Å². The van der Waals surface area contributed by atoms with Crippen LogP contribution in [0.5, 0.6) is 5.75 Å². The first-order valence-electron chi connectivity index (χ1n) is 10.1. The maximum atomic E-state index is 10.1. The minimum Gasteiger partial charge on any atom is -0.493 e. The van der Waals surface area contributed by atoms with Crippen molar-refractivity contribution in [1.29, 1.82) is 0 Å². The summed E-state index contributed by atoms with van der Waals surface area (Å²) in [6.07, 6.45) is 2.94. The lowest BCUT2D eigenvalue weighted by molar-refractivity contribution is 0.0345. The Labute approximate surface area is 163 Å². The quantitative estimate of drug-likeness (QED) is 0.386. The maximum absolute atomic E-state index is 10.1. The van der Waals surface area contributed by atoms with Gasteiger partial charge in [0.05, 0.1) is 25.9 Å². The van der Waals surface area contributed by atoms with Crippen LogP contribution in [0.3, 0.4) is 0 Å². The molecule has 1 aromatic carbocycles. The van der Waals surface area contributed by atoms with Crippen molar-refractivity contribution in [2.45, 2.75) is 52.7 Å². The topological polar surface area (TPSA) is 75.1 Å². The van der Waals surface area contributed by atoms with Crippen molar-refractivity contribution in [2.24, 2.45) is 10.9 Å². The van der Waals surface area contributed by atoms with Gasteiger partial charge >= 0.3 is 0 Å². The largest absolute Gasteiger partial charge is 0.493 e. The first-order valence-corrected chi connectivity index (χ1v) is 10.1. The third-order valence-corrected chi connectivity index (χ3v) is 4.30. The van der Waals surface area contributed by atoms with Crippen molar-refractivity contribution in [3.8, 4) is 5.75 Å². The molecule has 1 fully saturated rings. The fourth-order valence-electron chi connectivity index (χ4n) is 2.57.